The van der Waals surface area contributed by atoms with Gasteiger partial charge in [0, 0.05) is 5.38 Å². The zero-order valence-corrected chi connectivity index (χ0v) is 20.8. The van der Waals surface area contributed by atoms with E-state index in [4.69, 9.17) is 5.11 Å². The number of carbonyl (C=O) groups is 3. The van der Waals surface area contributed by atoms with Gasteiger partial charge in [0.1, 0.15) is 12.3 Å². The minimum atomic E-state index is -1.16. The summed E-state index contributed by atoms with van der Waals surface area (Å²) in [4.78, 5) is 36.1. The Hall–Kier alpha value is -3.50. The summed E-state index contributed by atoms with van der Waals surface area (Å²) in [6, 6.07) is 11.0. The highest BCUT2D eigenvalue weighted by atomic mass is 32.1. The first-order valence-corrected chi connectivity index (χ1v) is 12.0. The number of hydrazone groups is 1. The Balaban J connectivity index is 1.69. The van der Waals surface area contributed by atoms with Crippen LogP contribution in [0.3, 0.4) is 0 Å². The number of thiophene rings is 2. The molecule has 0 bridgehead atoms. The van der Waals surface area contributed by atoms with Crippen molar-refractivity contribution in [2.75, 3.05) is 6.54 Å². The number of nitrogens with zero attached hydrogens (tertiary/aromatic N) is 1. The largest absolute Gasteiger partial charge is 0.506 e. The molecule has 0 aliphatic heterocycles. The predicted octanol–water partition coefficient (Wildman–Crippen LogP) is 4.45. The molecular weight excluding hydrogens is 474 g/mol. The Morgan fingerprint density at radius 3 is 2.21 bits per heavy atom. The van der Waals surface area contributed by atoms with E-state index >= 15 is 0 Å². The molecule has 10 heteroatoms. The highest BCUT2D eigenvalue weighted by molar-refractivity contribution is 7.16. The Kier molecular flexibility index (Phi) is 7.53. The fraction of sp³-hybridized carbons (Fsp3) is 0.250. The molecule has 4 N–H and O–H groups in total. The Morgan fingerprint density at radius 2 is 1.62 bits per heavy atom. The van der Waals surface area contributed by atoms with Gasteiger partial charge in [-0.05, 0) is 35.6 Å². The van der Waals surface area contributed by atoms with Crippen molar-refractivity contribution in [3.05, 3.63) is 62.7 Å². The Morgan fingerprint density at radius 1 is 1.00 bits per heavy atom. The number of carbonyl (C=O) groups excluding carboxylic acids is 2. The van der Waals surface area contributed by atoms with Gasteiger partial charge in [-0.15, -0.1) is 22.7 Å². The summed E-state index contributed by atoms with van der Waals surface area (Å²) in [5.41, 5.74) is 5.50. The second-order valence-electron chi connectivity index (χ2n) is 8.53. The second kappa shape index (κ2) is 10.2. The average molecular weight is 500 g/mol. The summed E-state index contributed by atoms with van der Waals surface area (Å²) in [7, 11) is 0. The molecule has 0 aliphatic rings. The molecule has 3 aromatic rings. The molecule has 178 valence electrons. The van der Waals surface area contributed by atoms with Crippen LogP contribution in [0.25, 0.3) is 10.4 Å². The van der Waals surface area contributed by atoms with E-state index in [0.717, 1.165) is 16.9 Å². The molecule has 0 atom stereocenters. The second-order valence-corrected chi connectivity index (χ2v) is 10.5. The molecule has 0 radical (unpaired) electrons. The minimum absolute atomic E-state index is 0.0359. The number of carboxylic acid groups (broad SMARTS) is 1. The third kappa shape index (κ3) is 5.89. The molecule has 0 saturated heterocycles. The van der Waals surface area contributed by atoms with Gasteiger partial charge in [0.25, 0.3) is 11.8 Å². The predicted molar refractivity (Wildman–Crippen MR) is 134 cm³/mol. The van der Waals surface area contributed by atoms with Crippen molar-refractivity contribution in [3.8, 4) is 16.2 Å². The first-order valence-electron chi connectivity index (χ1n) is 10.3. The lowest BCUT2D eigenvalue weighted by atomic mass is 9.86. The van der Waals surface area contributed by atoms with Gasteiger partial charge in [-0.1, -0.05) is 45.0 Å². The van der Waals surface area contributed by atoms with Crippen LogP contribution in [0.15, 0.2) is 46.9 Å². The summed E-state index contributed by atoms with van der Waals surface area (Å²) >= 11 is 2.31. The van der Waals surface area contributed by atoms with Crippen LogP contribution in [0.1, 0.15) is 58.2 Å². The van der Waals surface area contributed by atoms with Gasteiger partial charge in [0.2, 0.25) is 0 Å². The van der Waals surface area contributed by atoms with Gasteiger partial charge >= 0.3 is 5.97 Å². The van der Waals surface area contributed by atoms with Gasteiger partial charge in [0.05, 0.1) is 25.9 Å². The van der Waals surface area contributed by atoms with Gasteiger partial charge in [0.15, 0.2) is 0 Å². The first-order chi connectivity index (χ1) is 16.0. The zero-order chi connectivity index (χ0) is 25.0. The van der Waals surface area contributed by atoms with Crippen LogP contribution >= 0.6 is 22.7 Å². The van der Waals surface area contributed by atoms with Gasteiger partial charge in [-0.2, -0.15) is 5.10 Å². The number of carboxylic acids is 1. The van der Waals surface area contributed by atoms with Crippen LogP contribution < -0.4 is 10.7 Å². The maximum atomic E-state index is 12.4. The number of rotatable bonds is 7. The number of nitrogens with one attached hydrogen (secondary N) is 2. The summed E-state index contributed by atoms with van der Waals surface area (Å²) in [5, 5.41) is 27.5. The van der Waals surface area contributed by atoms with E-state index < -0.39 is 24.3 Å². The molecule has 2 heterocycles. The van der Waals surface area contributed by atoms with Crippen LogP contribution in [0.2, 0.25) is 0 Å². The molecule has 0 aliphatic carbocycles. The molecule has 8 nitrogen and oxygen atoms in total. The lowest BCUT2D eigenvalue weighted by Gasteiger charge is -2.19. The molecule has 1 aromatic carbocycles. The Bertz CT molecular complexity index is 1250. The average Bonchev–Trinajstić information content (AvgIpc) is 3.42. The highest BCUT2D eigenvalue weighted by Gasteiger charge is 2.18. The molecule has 0 unspecified atom stereocenters. The van der Waals surface area contributed by atoms with Gasteiger partial charge in [-0.3, -0.25) is 14.4 Å². The lowest BCUT2D eigenvalue weighted by Crippen LogP contribution is -2.28. The number of hydrogen-bond acceptors (Lipinski definition) is 7. The summed E-state index contributed by atoms with van der Waals surface area (Å²) in [5.74, 6) is -2.15. The molecular formula is C24H25N3O5S2. The summed E-state index contributed by atoms with van der Waals surface area (Å²) in [6.07, 6.45) is 0. The van der Waals surface area contributed by atoms with Crippen molar-refractivity contribution in [1.82, 2.24) is 10.7 Å². The van der Waals surface area contributed by atoms with Crippen molar-refractivity contribution in [2.45, 2.75) is 33.1 Å². The van der Waals surface area contributed by atoms with E-state index in [-0.39, 0.29) is 20.9 Å². The van der Waals surface area contributed by atoms with E-state index in [1.54, 1.807) is 12.3 Å². The normalized spacial score (nSPS) is 11.8. The van der Waals surface area contributed by atoms with Crippen molar-refractivity contribution in [2.24, 2.45) is 5.10 Å². The summed E-state index contributed by atoms with van der Waals surface area (Å²) < 4.78 is 0. The van der Waals surface area contributed by atoms with Crippen molar-refractivity contribution in [1.29, 1.82) is 0 Å². The van der Waals surface area contributed by atoms with E-state index in [0.29, 0.717) is 16.2 Å². The number of benzene rings is 1. The number of aliphatic carboxylic acids is 1. The third-order valence-corrected chi connectivity index (χ3v) is 7.05. The fourth-order valence-electron chi connectivity index (χ4n) is 3.01. The van der Waals surface area contributed by atoms with Crippen LogP contribution in [0.4, 0.5) is 0 Å². The van der Waals surface area contributed by atoms with Crippen molar-refractivity contribution >= 4 is 46.2 Å². The fourth-order valence-corrected chi connectivity index (χ4v) is 4.83. The van der Waals surface area contributed by atoms with Crippen molar-refractivity contribution < 1.29 is 24.6 Å². The maximum Gasteiger partial charge on any atom is 0.322 e. The van der Waals surface area contributed by atoms with E-state index in [1.807, 2.05) is 24.3 Å². The number of hydrogen-bond donors (Lipinski definition) is 4. The van der Waals surface area contributed by atoms with Gasteiger partial charge < -0.3 is 15.5 Å². The van der Waals surface area contributed by atoms with Crippen LogP contribution in [-0.4, -0.2) is 40.3 Å². The molecule has 0 spiro atoms. The Labute approximate surface area is 205 Å². The maximum absolute atomic E-state index is 12.4. The third-order valence-electron chi connectivity index (χ3n) is 4.95. The zero-order valence-electron chi connectivity index (χ0n) is 19.1. The smallest absolute Gasteiger partial charge is 0.322 e. The standard InChI is InChI=1S/C24H25N3O5S2/c1-13(26-27-23(32)18-10-9-17(34-18)22(31)25-11-19(28)29)16-12-33-21(20(16)30)14-5-7-15(8-6-14)24(2,3)4/h5-10,12,30H,11H2,1-4H3,(H,25,31)(H,27,32)(H,28,29)/b26-13+. The topological polar surface area (TPSA) is 128 Å². The first kappa shape index (κ1) is 25.1. The van der Waals surface area contributed by atoms with Gasteiger partial charge in [-0.25, -0.2) is 5.43 Å². The quantitative estimate of drug-likeness (QED) is 0.282. The monoisotopic (exact) mass is 499 g/mol. The number of amides is 2. The SMILES string of the molecule is C/C(=N\NC(=O)c1ccc(C(=O)NCC(=O)O)s1)c1csc(-c2ccc(C(C)(C)C)cc2)c1O. The number of aromatic hydroxyl groups is 1. The summed E-state index contributed by atoms with van der Waals surface area (Å²) in [6.45, 7) is 7.59. The van der Waals surface area contributed by atoms with E-state index in [9.17, 15) is 19.5 Å². The minimum Gasteiger partial charge on any atom is -0.506 e. The van der Waals surface area contributed by atoms with Crippen molar-refractivity contribution in [3.63, 3.8) is 0 Å². The van der Waals surface area contributed by atoms with E-state index in [1.165, 1.54) is 29.0 Å². The molecule has 34 heavy (non-hydrogen) atoms. The lowest BCUT2D eigenvalue weighted by molar-refractivity contribution is -0.135. The molecule has 2 amide bonds. The highest BCUT2D eigenvalue weighted by Crippen LogP contribution is 2.39. The molecule has 0 saturated carbocycles. The molecule has 3 rings (SSSR count). The van der Waals surface area contributed by atoms with Crippen LogP contribution in [-0.2, 0) is 10.2 Å². The van der Waals surface area contributed by atoms with E-state index in [2.05, 4.69) is 36.6 Å². The molecule has 0 fully saturated rings. The van der Waals surface area contributed by atoms with Crippen LogP contribution in [0, 0.1) is 0 Å². The van der Waals surface area contributed by atoms with Crippen LogP contribution in [0.5, 0.6) is 5.75 Å². The molecule has 2 aromatic heterocycles.